The van der Waals surface area contributed by atoms with Gasteiger partial charge in [-0.05, 0) is 47.9 Å². The van der Waals surface area contributed by atoms with Crippen LogP contribution in [-0.4, -0.2) is 19.1 Å². The number of rotatable bonds is 4. The molecule has 0 aliphatic carbocycles. The van der Waals surface area contributed by atoms with Gasteiger partial charge in [-0.25, -0.2) is 0 Å². The lowest BCUT2D eigenvalue weighted by atomic mass is 10.1. The highest BCUT2D eigenvalue weighted by atomic mass is 35.5. The van der Waals surface area contributed by atoms with Crippen LogP contribution in [0.15, 0.2) is 42.5 Å². The first-order valence-electron chi connectivity index (χ1n) is 7.01. The lowest BCUT2D eigenvalue weighted by Gasteiger charge is -2.07. The molecule has 2 aromatic carbocycles. The lowest BCUT2D eigenvalue weighted by Crippen LogP contribution is -2.25. The summed E-state index contributed by atoms with van der Waals surface area (Å²) in [5.74, 6) is 0.853. The Hall–Kier alpha value is -2.00. The summed E-state index contributed by atoms with van der Waals surface area (Å²) in [7, 11) is 0. The first-order valence-corrected chi connectivity index (χ1v) is 7.38. The lowest BCUT2D eigenvalue weighted by molar-refractivity contribution is 0.0954. The maximum Gasteiger partial charge on any atom is 0.251 e. The van der Waals surface area contributed by atoms with Crippen LogP contribution in [0.5, 0.6) is 5.75 Å². The molecule has 0 saturated heterocycles. The molecule has 0 unspecified atom stereocenters. The van der Waals surface area contributed by atoms with Gasteiger partial charge in [-0.3, -0.25) is 4.79 Å². The Balaban J connectivity index is 1.55. The third kappa shape index (κ3) is 3.37. The third-order valence-electron chi connectivity index (χ3n) is 3.56. The summed E-state index contributed by atoms with van der Waals surface area (Å²) in [6.45, 7) is 1.31. The zero-order valence-electron chi connectivity index (χ0n) is 11.6. The predicted octanol–water partition coefficient (Wildman–Crippen LogP) is 3.25. The van der Waals surface area contributed by atoms with Crippen LogP contribution < -0.4 is 10.1 Å². The summed E-state index contributed by atoms with van der Waals surface area (Å²) in [4.78, 5) is 12.1. The monoisotopic (exact) mass is 301 g/mol. The molecule has 0 spiro atoms. The fourth-order valence-electron chi connectivity index (χ4n) is 2.40. The molecular formula is C17H16ClNO2. The highest BCUT2D eigenvalue weighted by Gasteiger charge is 2.14. The molecular weight excluding hydrogens is 286 g/mol. The average Bonchev–Trinajstić information content (AvgIpc) is 2.96. The van der Waals surface area contributed by atoms with Crippen LogP contribution in [0.3, 0.4) is 0 Å². The van der Waals surface area contributed by atoms with Gasteiger partial charge in [0.05, 0.1) is 6.61 Å². The van der Waals surface area contributed by atoms with Gasteiger partial charge in [0.15, 0.2) is 0 Å². The molecule has 3 rings (SSSR count). The van der Waals surface area contributed by atoms with E-state index in [0.29, 0.717) is 18.7 Å². The summed E-state index contributed by atoms with van der Waals surface area (Å²) in [5, 5.41) is 3.67. The van der Waals surface area contributed by atoms with E-state index in [0.717, 1.165) is 34.7 Å². The smallest absolute Gasteiger partial charge is 0.251 e. The number of fused-ring (bicyclic) bond motifs is 1. The first-order chi connectivity index (χ1) is 10.2. The molecule has 1 aliphatic rings. The van der Waals surface area contributed by atoms with Crippen molar-refractivity contribution in [1.82, 2.24) is 5.32 Å². The topological polar surface area (TPSA) is 38.3 Å². The zero-order valence-corrected chi connectivity index (χ0v) is 12.3. The molecule has 1 heterocycles. The first kappa shape index (κ1) is 14.0. The maximum atomic E-state index is 12.1. The second kappa shape index (κ2) is 6.19. The van der Waals surface area contributed by atoms with Crippen molar-refractivity contribution in [2.24, 2.45) is 0 Å². The highest BCUT2D eigenvalue weighted by Crippen LogP contribution is 2.25. The molecule has 0 fully saturated rings. The number of carbonyl (C=O) groups excluding carboxylic acids is 1. The zero-order chi connectivity index (χ0) is 14.7. The van der Waals surface area contributed by atoms with Gasteiger partial charge < -0.3 is 10.1 Å². The van der Waals surface area contributed by atoms with Gasteiger partial charge in [-0.15, -0.1) is 0 Å². The van der Waals surface area contributed by atoms with Gasteiger partial charge in [0.1, 0.15) is 5.75 Å². The molecule has 4 heteroatoms. The van der Waals surface area contributed by atoms with E-state index in [2.05, 4.69) is 5.32 Å². The van der Waals surface area contributed by atoms with Crippen molar-refractivity contribution in [2.45, 2.75) is 12.8 Å². The fraction of sp³-hybridized carbons (Fsp3) is 0.235. The third-order valence-corrected chi connectivity index (χ3v) is 3.82. The van der Waals surface area contributed by atoms with E-state index in [1.165, 1.54) is 0 Å². The van der Waals surface area contributed by atoms with Crippen LogP contribution in [0.4, 0.5) is 0 Å². The van der Waals surface area contributed by atoms with E-state index in [1.807, 2.05) is 42.5 Å². The van der Waals surface area contributed by atoms with Crippen molar-refractivity contribution in [3.63, 3.8) is 0 Å². The second-order valence-corrected chi connectivity index (χ2v) is 5.49. The highest BCUT2D eigenvalue weighted by molar-refractivity contribution is 6.30. The van der Waals surface area contributed by atoms with Crippen LogP contribution in [0.25, 0.3) is 0 Å². The Labute approximate surface area is 128 Å². The summed E-state index contributed by atoms with van der Waals surface area (Å²) >= 11 is 5.84. The number of hydrogen-bond donors (Lipinski definition) is 1. The quantitative estimate of drug-likeness (QED) is 0.941. The van der Waals surface area contributed by atoms with Crippen LogP contribution >= 0.6 is 11.6 Å². The maximum absolute atomic E-state index is 12.1. The largest absolute Gasteiger partial charge is 0.493 e. The van der Waals surface area contributed by atoms with Crippen LogP contribution in [-0.2, 0) is 12.8 Å². The normalized spacial score (nSPS) is 12.6. The van der Waals surface area contributed by atoms with E-state index in [4.69, 9.17) is 16.3 Å². The van der Waals surface area contributed by atoms with E-state index < -0.39 is 0 Å². The van der Waals surface area contributed by atoms with Gasteiger partial charge >= 0.3 is 0 Å². The van der Waals surface area contributed by atoms with Crippen LogP contribution in [0.2, 0.25) is 5.02 Å². The van der Waals surface area contributed by atoms with Gasteiger partial charge in [-0.1, -0.05) is 23.7 Å². The minimum atomic E-state index is -0.0429. The molecule has 21 heavy (non-hydrogen) atoms. The van der Waals surface area contributed by atoms with E-state index in [-0.39, 0.29) is 5.91 Å². The molecule has 2 aromatic rings. The van der Waals surface area contributed by atoms with Crippen molar-refractivity contribution < 1.29 is 9.53 Å². The molecule has 0 saturated carbocycles. The number of halogens is 1. The van der Waals surface area contributed by atoms with Crippen LogP contribution in [0, 0.1) is 0 Å². The molecule has 0 bridgehead atoms. The fourth-order valence-corrected chi connectivity index (χ4v) is 2.53. The second-order valence-electron chi connectivity index (χ2n) is 5.05. The van der Waals surface area contributed by atoms with Gasteiger partial charge in [0.25, 0.3) is 5.91 Å². The Morgan fingerprint density at radius 3 is 2.81 bits per heavy atom. The van der Waals surface area contributed by atoms with E-state index in [1.54, 1.807) is 0 Å². The van der Waals surface area contributed by atoms with Crippen molar-refractivity contribution in [3.8, 4) is 5.75 Å². The van der Waals surface area contributed by atoms with Crippen LogP contribution in [0.1, 0.15) is 21.5 Å². The van der Waals surface area contributed by atoms with Crippen molar-refractivity contribution in [1.29, 1.82) is 0 Å². The number of benzene rings is 2. The molecule has 0 atom stereocenters. The Morgan fingerprint density at radius 1 is 1.19 bits per heavy atom. The number of hydrogen-bond acceptors (Lipinski definition) is 2. The Morgan fingerprint density at radius 2 is 2.00 bits per heavy atom. The molecule has 0 aromatic heterocycles. The summed E-state index contributed by atoms with van der Waals surface area (Å²) in [6, 6.07) is 13.3. The van der Waals surface area contributed by atoms with Crippen molar-refractivity contribution in [2.75, 3.05) is 13.2 Å². The summed E-state index contributed by atoms with van der Waals surface area (Å²) in [6.07, 6.45) is 1.66. The number of nitrogens with one attached hydrogen (secondary N) is 1. The average molecular weight is 302 g/mol. The molecule has 1 N–H and O–H groups in total. The van der Waals surface area contributed by atoms with Gasteiger partial charge in [-0.2, -0.15) is 0 Å². The SMILES string of the molecule is O=C(NCCc1ccc(Cl)cc1)c1ccc2c(c1)CCO2. The Bertz CT molecular complexity index is 652. The predicted molar refractivity (Wildman–Crippen MR) is 83.1 cm³/mol. The number of amides is 1. The molecule has 1 amide bonds. The summed E-state index contributed by atoms with van der Waals surface area (Å²) in [5.41, 5.74) is 2.96. The van der Waals surface area contributed by atoms with Crippen molar-refractivity contribution >= 4 is 17.5 Å². The molecule has 3 nitrogen and oxygen atoms in total. The van der Waals surface area contributed by atoms with Gasteiger partial charge in [0.2, 0.25) is 0 Å². The standard InChI is InChI=1S/C17H16ClNO2/c18-15-4-1-12(2-5-15)7-9-19-17(20)14-3-6-16-13(11-14)8-10-21-16/h1-6,11H,7-10H2,(H,19,20). The van der Waals surface area contributed by atoms with E-state index in [9.17, 15) is 4.79 Å². The number of carbonyl (C=O) groups is 1. The minimum Gasteiger partial charge on any atom is -0.493 e. The van der Waals surface area contributed by atoms with Gasteiger partial charge in [0, 0.05) is 23.6 Å². The van der Waals surface area contributed by atoms with Crippen molar-refractivity contribution in [3.05, 3.63) is 64.2 Å². The Kier molecular flexibility index (Phi) is 4.11. The molecule has 1 aliphatic heterocycles. The molecule has 0 radical (unpaired) electrons. The molecule has 108 valence electrons. The van der Waals surface area contributed by atoms with E-state index >= 15 is 0 Å². The number of ether oxygens (including phenoxy) is 1. The minimum absolute atomic E-state index is 0.0429. The summed E-state index contributed by atoms with van der Waals surface area (Å²) < 4.78 is 5.44.